The number of ether oxygens (including phenoxy) is 5. The highest BCUT2D eigenvalue weighted by Gasteiger charge is 2.36. The summed E-state index contributed by atoms with van der Waals surface area (Å²) in [5.74, 6) is -1.25. The minimum Gasteiger partial charge on any atom is -0.492 e. The van der Waals surface area contributed by atoms with Crippen LogP contribution in [0, 0.1) is 0 Å². The number of nitrogens with one attached hydrogen (secondary N) is 1. The summed E-state index contributed by atoms with van der Waals surface area (Å²) in [6.45, 7) is 11.9. The Morgan fingerprint density at radius 1 is 1.02 bits per heavy atom. The molecule has 0 aliphatic carbocycles. The zero-order valence-electron chi connectivity index (χ0n) is 26.4. The average molecular weight is 649 g/mol. The highest BCUT2D eigenvalue weighted by Crippen LogP contribution is 2.25. The maximum Gasteiger partial charge on any atom is 0.280 e. The van der Waals surface area contributed by atoms with E-state index in [0.717, 1.165) is 38.1 Å². The van der Waals surface area contributed by atoms with Crippen LogP contribution in [0.4, 0.5) is 11.6 Å². The van der Waals surface area contributed by atoms with Crippen LogP contribution in [0.5, 0.6) is 5.75 Å². The van der Waals surface area contributed by atoms with Crippen LogP contribution in [0.1, 0.15) is 56.6 Å². The summed E-state index contributed by atoms with van der Waals surface area (Å²) in [6.07, 6.45) is 2.50. The molecule has 45 heavy (non-hydrogen) atoms. The predicted molar refractivity (Wildman–Crippen MR) is 171 cm³/mol. The number of hydrogen-bond acceptors (Lipinski definition) is 12. The van der Waals surface area contributed by atoms with Gasteiger partial charge >= 0.3 is 0 Å². The Hall–Kier alpha value is -3.27. The molecule has 2 aliphatic rings. The molecule has 2 saturated heterocycles. The Labute approximate surface area is 268 Å². The number of aryl methyl sites for hydroxylation is 1. The maximum atomic E-state index is 12.3. The van der Waals surface area contributed by atoms with Gasteiger partial charge in [-0.2, -0.15) is 0 Å². The summed E-state index contributed by atoms with van der Waals surface area (Å²) in [6, 6.07) is 8.09. The molecule has 0 spiro atoms. The number of aromatic nitrogens is 2. The smallest absolute Gasteiger partial charge is 0.280 e. The molecular weight excluding hydrogens is 604 g/mol. The normalized spacial score (nSPS) is 20.9. The second kappa shape index (κ2) is 15.3. The van der Waals surface area contributed by atoms with Crippen molar-refractivity contribution in [3.63, 3.8) is 0 Å². The molecule has 2 aliphatic heterocycles. The number of rotatable bonds is 14. The van der Waals surface area contributed by atoms with Crippen LogP contribution in [0.15, 0.2) is 29.3 Å². The number of benzene rings is 1. The molecule has 14 nitrogen and oxygen atoms in total. The number of guanidine groups is 1. The van der Waals surface area contributed by atoms with Gasteiger partial charge in [0.05, 0.1) is 25.4 Å². The largest absolute Gasteiger partial charge is 0.492 e. The number of nitrogen functional groups attached to an aromatic ring is 2. The van der Waals surface area contributed by atoms with E-state index in [9.17, 15) is 4.79 Å². The van der Waals surface area contributed by atoms with Gasteiger partial charge in [-0.25, -0.2) is 9.97 Å². The third kappa shape index (κ3) is 10.9. The first-order valence-corrected chi connectivity index (χ1v) is 15.4. The maximum absolute atomic E-state index is 12.3. The van der Waals surface area contributed by atoms with Crippen molar-refractivity contribution in [3.05, 3.63) is 40.7 Å². The number of anilines is 2. The van der Waals surface area contributed by atoms with Crippen molar-refractivity contribution in [2.75, 3.05) is 57.5 Å². The number of carbonyl (C=O) groups excluding carboxylic acids is 1. The van der Waals surface area contributed by atoms with E-state index in [1.165, 1.54) is 5.56 Å². The van der Waals surface area contributed by atoms with Gasteiger partial charge in [0.1, 0.15) is 12.4 Å². The molecule has 1 amide bonds. The molecule has 1 aromatic carbocycles. The minimum atomic E-state index is -0.666. The lowest BCUT2D eigenvalue weighted by Gasteiger charge is -2.28. The molecule has 0 saturated carbocycles. The number of unbranched alkanes of at least 4 members (excludes halogenated alkanes) is 1. The first-order valence-electron chi connectivity index (χ1n) is 15.1. The van der Waals surface area contributed by atoms with Crippen molar-refractivity contribution in [2.45, 2.75) is 70.7 Å². The lowest BCUT2D eigenvalue weighted by atomic mass is 10.1. The van der Waals surface area contributed by atoms with E-state index in [2.05, 4.69) is 37.3 Å². The second-order valence-electron chi connectivity index (χ2n) is 12.0. The Morgan fingerprint density at radius 2 is 1.64 bits per heavy atom. The van der Waals surface area contributed by atoms with Crippen molar-refractivity contribution in [3.8, 4) is 5.75 Å². The van der Waals surface area contributed by atoms with Crippen LogP contribution >= 0.6 is 11.6 Å². The van der Waals surface area contributed by atoms with E-state index >= 15 is 0 Å². The zero-order valence-corrected chi connectivity index (χ0v) is 27.1. The molecule has 0 bridgehead atoms. The van der Waals surface area contributed by atoms with Gasteiger partial charge in [-0.3, -0.25) is 20.0 Å². The van der Waals surface area contributed by atoms with Crippen molar-refractivity contribution in [1.82, 2.24) is 20.2 Å². The van der Waals surface area contributed by atoms with Crippen LogP contribution in [0.3, 0.4) is 0 Å². The van der Waals surface area contributed by atoms with Gasteiger partial charge < -0.3 is 40.9 Å². The summed E-state index contributed by atoms with van der Waals surface area (Å²) in [5, 5.41) is 2.31. The molecule has 0 radical (unpaired) electrons. The van der Waals surface area contributed by atoms with E-state index in [-0.39, 0.29) is 40.7 Å². The van der Waals surface area contributed by atoms with Crippen LogP contribution in [0.2, 0.25) is 5.15 Å². The highest BCUT2D eigenvalue weighted by atomic mass is 35.5. The first-order chi connectivity index (χ1) is 21.3. The summed E-state index contributed by atoms with van der Waals surface area (Å²) in [4.78, 5) is 26.4. The monoisotopic (exact) mass is 648 g/mol. The summed E-state index contributed by atoms with van der Waals surface area (Å²) >= 11 is 5.82. The van der Waals surface area contributed by atoms with Gasteiger partial charge in [-0.1, -0.05) is 23.7 Å². The number of nitrogens with two attached hydrogens (primary N) is 3. The molecule has 2 atom stereocenters. The quantitative estimate of drug-likeness (QED) is 0.133. The Balaban J connectivity index is 1.16. The van der Waals surface area contributed by atoms with Gasteiger partial charge in [-0.15, -0.1) is 0 Å². The van der Waals surface area contributed by atoms with Crippen LogP contribution in [-0.4, -0.2) is 96.5 Å². The molecule has 2 aromatic rings. The standard InChI is InChI=1S/C30H45ClN8O6/c1-29(2)42-17-21(44-29)15-39(16-22-18-43-30(3,4)45-22)13-14-41-20-10-8-19(9-11-20)7-5-6-12-35-28(34)38-27(40)23-25(32)37-26(33)24(31)36-23/h8-11,21-22H,5-7,12-18H2,1-4H3,(H4,32,33,37)(H3,34,35,38,40)/t21-,22-/m0/s1. The molecule has 7 N–H and O–H groups in total. The summed E-state index contributed by atoms with van der Waals surface area (Å²) in [5.41, 5.74) is 18.1. The number of nitrogens with zero attached hydrogens (tertiary/aromatic N) is 4. The van der Waals surface area contributed by atoms with Gasteiger partial charge in [0.2, 0.25) is 0 Å². The minimum absolute atomic E-state index is 0.0149. The summed E-state index contributed by atoms with van der Waals surface area (Å²) < 4.78 is 29.7. The first kappa shape index (κ1) is 34.6. The molecule has 15 heteroatoms. The van der Waals surface area contributed by atoms with Crippen molar-refractivity contribution < 1.29 is 28.5 Å². The predicted octanol–water partition coefficient (Wildman–Crippen LogP) is 2.35. The molecule has 2 fully saturated rings. The fourth-order valence-electron chi connectivity index (χ4n) is 5.05. The fraction of sp³-hybridized carbons (Fsp3) is 0.600. The van der Waals surface area contributed by atoms with Crippen LogP contribution in [0.25, 0.3) is 0 Å². The number of halogens is 1. The second-order valence-corrected chi connectivity index (χ2v) is 12.3. The Morgan fingerprint density at radius 3 is 2.22 bits per heavy atom. The Bertz CT molecular complexity index is 1300. The van der Waals surface area contributed by atoms with Gasteiger partial charge in [0, 0.05) is 26.2 Å². The third-order valence-electron chi connectivity index (χ3n) is 7.18. The molecule has 3 heterocycles. The molecule has 0 unspecified atom stereocenters. The van der Waals surface area contributed by atoms with Gasteiger partial charge in [0.15, 0.2) is 40.0 Å². The van der Waals surface area contributed by atoms with Crippen LogP contribution < -0.4 is 27.3 Å². The molecule has 1 aromatic heterocycles. The summed E-state index contributed by atoms with van der Waals surface area (Å²) in [7, 11) is 0. The number of aliphatic imine (C=N–C) groups is 1. The van der Waals surface area contributed by atoms with E-state index in [1.807, 2.05) is 39.8 Å². The van der Waals surface area contributed by atoms with Crippen LogP contribution in [-0.2, 0) is 25.4 Å². The molecule has 248 valence electrons. The van der Waals surface area contributed by atoms with Crippen molar-refractivity contribution in [1.29, 1.82) is 0 Å². The SMILES string of the molecule is CC1(C)OC[C@H](CN(CCOc2ccc(CCCCN=C(N)NC(=O)c3nc(Cl)c(N)nc3N)cc2)C[C@H]2COC(C)(C)O2)O1. The zero-order chi connectivity index (χ0) is 32.6. The number of hydrogen-bond donors (Lipinski definition) is 4. The fourth-order valence-corrected chi connectivity index (χ4v) is 5.17. The lowest BCUT2D eigenvalue weighted by molar-refractivity contribution is -0.145. The number of amides is 1. The molecular formula is C30H45ClN8O6. The average Bonchev–Trinajstić information content (AvgIpc) is 3.49. The third-order valence-corrected chi connectivity index (χ3v) is 7.45. The number of carbonyl (C=O) groups is 1. The van der Waals surface area contributed by atoms with Crippen molar-refractivity contribution >= 4 is 35.1 Å². The van der Waals surface area contributed by atoms with Gasteiger partial charge in [0.25, 0.3) is 5.91 Å². The van der Waals surface area contributed by atoms with E-state index in [4.69, 9.17) is 52.5 Å². The lowest BCUT2D eigenvalue weighted by Crippen LogP contribution is -2.42. The van der Waals surface area contributed by atoms with E-state index in [0.29, 0.717) is 32.9 Å². The topological polar surface area (TPSA) is 195 Å². The van der Waals surface area contributed by atoms with E-state index in [1.54, 1.807) is 0 Å². The van der Waals surface area contributed by atoms with Crippen molar-refractivity contribution in [2.24, 2.45) is 10.7 Å². The molecule has 4 rings (SSSR count). The van der Waals surface area contributed by atoms with Gasteiger partial charge in [-0.05, 0) is 64.7 Å². The van der Waals surface area contributed by atoms with E-state index < -0.39 is 17.5 Å². The Kier molecular flexibility index (Phi) is 11.8. The highest BCUT2D eigenvalue weighted by molar-refractivity contribution is 6.31.